The summed E-state index contributed by atoms with van der Waals surface area (Å²) in [5.74, 6) is 2.16. The van der Waals surface area contributed by atoms with E-state index in [1.165, 1.54) is 5.56 Å². The monoisotopic (exact) mass is 327 g/mol. The van der Waals surface area contributed by atoms with Crippen molar-refractivity contribution < 1.29 is 14.2 Å². The molecule has 3 rings (SSSR count). The van der Waals surface area contributed by atoms with E-state index in [4.69, 9.17) is 14.2 Å². The van der Waals surface area contributed by atoms with Gasteiger partial charge in [0.15, 0.2) is 11.5 Å². The second-order valence-electron chi connectivity index (χ2n) is 4.91. The molecule has 5 heteroatoms. The van der Waals surface area contributed by atoms with Crippen molar-refractivity contribution in [2.75, 3.05) is 33.5 Å². The van der Waals surface area contributed by atoms with Crippen LogP contribution in [0.5, 0.6) is 11.5 Å². The van der Waals surface area contributed by atoms with Gasteiger partial charge in [-0.15, -0.1) is 0 Å². The Bertz CT molecular complexity index is 460. The molecule has 2 aliphatic rings. The van der Waals surface area contributed by atoms with Crippen LogP contribution in [0.25, 0.3) is 0 Å². The van der Waals surface area contributed by atoms with E-state index in [9.17, 15) is 0 Å². The highest BCUT2D eigenvalue weighted by Crippen LogP contribution is 2.40. The summed E-state index contributed by atoms with van der Waals surface area (Å²) in [6.07, 6.45) is 1.09. The molecular formula is C14H18BrNO3. The molecule has 1 aromatic rings. The van der Waals surface area contributed by atoms with Crippen LogP contribution >= 0.6 is 15.9 Å². The number of hydrogen-bond acceptors (Lipinski definition) is 4. The van der Waals surface area contributed by atoms with Gasteiger partial charge in [0.05, 0.1) is 6.61 Å². The zero-order valence-electron chi connectivity index (χ0n) is 10.9. The van der Waals surface area contributed by atoms with E-state index in [0.717, 1.165) is 35.6 Å². The Morgan fingerprint density at radius 3 is 2.58 bits per heavy atom. The molecule has 0 amide bonds. The third-order valence-electron chi connectivity index (χ3n) is 3.74. The van der Waals surface area contributed by atoms with Crippen LogP contribution in [0.3, 0.4) is 0 Å². The summed E-state index contributed by atoms with van der Waals surface area (Å²) in [7, 11) is 1.99. The zero-order chi connectivity index (χ0) is 13.2. The second kappa shape index (κ2) is 5.69. The Balaban J connectivity index is 1.93. The Labute approximate surface area is 121 Å². The predicted molar refractivity (Wildman–Crippen MR) is 75.9 cm³/mol. The number of ether oxygens (including phenoxy) is 3. The molecule has 1 aromatic carbocycles. The molecule has 104 valence electrons. The second-order valence-corrected chi connectivity index (χ2v) is 5.76. The number of rotatable bonds is 3. The Hall–Kier alpha value is -0.780. The molecule has 0 aliphatic carbocycles. The molecule has 1 saturated heterocycles. The minimum absolute atomic E-state index is 0.271. The van der Waals surface area contributed by atoms with Crippen molar-refractivity contribution in [2.45, 2.75) is 12.5 Å². The van der Waals surface area contributed by atoms with Crippen LogP contribution in [0, 0.1) is 5.92 Å². The highest BCUT2D eigenvalue weighted by atomic mass is 79.9. The third kappa shape index (κ3) is 2.59. The maximum atomic E-state index is 5.67. The van der Waals surface area contributed by atoms with Gasteiger partial charge in [0, 0.05) is 23.0 Å². The lowest BCUT2D eigenvalue weighted by molar-refractivity contribution is 0.169. The molecule has 0 bridgehead atoms. The van der Waals surface area contributed by atoms with Gasteiger partial charge < -0.3 is 19.5 Å². The number of benzene rings is 1. The lowest BCUT2D eigenvalue weighted by atomic mass is 9.92. The SMILES string of the molecule is CNC(c1cc2c(cc1Br)OCCO2)C1CCOC1. The van der Waals surface area contributed by atoms with Gasteiger partial charge in [0.2, 0.25) is 0 Å². The van der Waals surface area contributed by atoms with Gasteiger partial charge in [-0.25, -0.2) is 0 Å². The predicted octanol–water partition coefficient (Wildman–Crippen LogP) is 2.52. The van der Waals surface area contributed by atoms with Crippen LogP contribution < -0.4 is 14.8 Å². The van der Waals surface area contributed by atoms with E-state index < -0.39 is 0 Å². The molecule has 4 nitrogen and oxygen atoms in total. The Morgan fingerprint density at radius 1 is 1.21 bits per heavy atom. The lowest BCUT2D eigenvalue weighted by Gasteiger charge is -2.26. The maximum Gasteiger partial charge on any atom is 0.162 e. The van der Waals surface area contributed by atoms with Gasteiger partial charge in [-0.1, -0.05) is 15.9 Å². The molecule has 19 heavy (non-hydrogen) atoms. The number of fused-ring (bicyclic) bond motifs is 1. The average Bonchev–Trinajstić information content (AvgIpc) is 2.94. The highest BCUT2D eigenvalue weighted by Gasteiger charge is 2.28. The fourth-order valence-electron chi connectivity index (χ4n) is 2.78. The quantitative estimate of drug-likeness (QED) is 0.926. The van der Waals surface area contributed by atoms with Crippen LogP contribution in [0.1, 0.15) is 18.0 Å². The average molecular weight is 328 g/mol. The zero-order valence-corrected chi connectivity index (χ0v) is 12.5. The summed E-state index contributed by atoms with van der Waals surface area (Å²) in [4.78, 5) is 0. The van der Waals surface area contributed by atoms with Crippen molar-refractivity contribution in [3.05, 3.63) is 22.2 Å². The van der Waals surface area contributed by atoms with Gasteiger partial charge in [0.25, 0.3) is 0 Å². The van der Waals surface area contributed by atoms with E-state index in [-0.39, 0.29) is 6.04 Å². The maximum absolute atomic E-state index is 5.67. The van der Waals surface area contributed by atoms with Crippen LogP contribution in [0.15, 0.2) is 16.6 Å². The smallest absolute Gasteiger partial charge is 0.162 e. The van der Waals surface area contributed by atoms with Crippen LogP contribution in [0.4, 0.5) is 0 Å². The first kappa shape index (κ1) is 13.2. The summed E-state index contributed by atoms with van der Waals surface area (Å²) < 4.78 is 17.8. The minimum atomic E-state index is 0.271. The van der Waals surface area contributed by atoms with Gasteiger partial charge >= 0.3 is 0 Å². The van der Waals surface area contributed by atoms with Crippen LogP contribution in [-0.4, -0.2) is 33.5 Å². The fraction of sp³-hybridized carbons (Fsp3) is 0.571. The molecule has 2 aliphatic heterocycles. The highest BCUT2D eigenvalue weighted by molar-refractivity contribution is 9.10. The third-order valence-corrected chi connectivity index (χ3v) is 4.43. The minimum Gasteiger partial charge on any atom is -0.486 e. The van der Waals surface area contributed by atoms with E-state index in [2.05, 4.69) is 27.3 Å². The summed E-state index contributed by atoms with van der Waals surface area (Å²) in [5, 5.41) is 3.40. The molecule has 0 radical (unpaired) electrons. The summed E-state index contributed by atoms with van der Waals surface area (Å²) in [6.45, 7) is 2.90. The summed E-state index contributed by atoms with van der Waals surface area (Å²) >= 11 is 3.65. The number of nitrogens with one attached hydrogen (secondary N) is 1. The Kier molecular flexibility index (Phi) is 3.96. The number of hydrogen-bond donors (Lipinski definition) is 1. The van der Waals surface area contributed by atoms with Crippen LogP contribution in [0.2, 0.25) is 0 Å². The van der Waals surface area contributed by atoms with Gasteiger partial charge in [0.1, 0.15) is 13.2 Å². The topological polar surface area (TPSA) is 39.7 Å². The Morgan fingerprint density at radius 2 is 1.95 bits per heavy atom. The van der Waals surface area contributed by atoms with Crippen molar-refractivity contribution in [1.82, 2.24) is 5.32 Å². The van der Waals surface area contributed by atoms with Gasteiger partial charge in [-0.3, -0.25) is 0 Å². The standard InChI is InChI=1S/C14H18BrNO3/c1-16-14(9-2-3-17-8-9)10-6-12-13(7-11(10)15)19-5-4-18-12/h6-7,9,14,16H,2-5,8H2,1H3. The first-order valence-electron chi connectivity index (χ1n) is 6.63. The van der Waals surface area contributed by atoms with Crippen molar-refractivity contribution >= 4 is 15.9 Å². The molecule has 0 saturated carbocycles. The van der Waals surface area contributed by atoms with E-state index in [0.29, 0.717) is 19.1 Å². The molecule has 0 spiro atoms. The lowest BCUT2D eigenvalue weighted by Crippen LogP contribution is -2.26. The molecule has 0 aromatic heterocycles. The first-order valence-corrected chi connectivity index (χ1v) is 7.43. The fourth-order valence-corrected chi connectivity index (χ4v) is 3.35. The first-order chi connectivity index (χ1) is 9.29. The molecule has 2 heterocycles. The van der Waals surface area contributed by atoms with E-state index in [1.807, 2.05) is 13.1 Å². The normalized spacial score (nSPS) is 23.4. The van der Waals surface area contributed by atoms with Crippen molar-refractivity contribution in [3.8, 4) is 11.5 Å². The molecule has 1 fully saturated rings. The van der Waals surface area contributed by atoms with Crippen LogP contribution in [-0.2, 0) is 4.74 Å². The molecule has 2 atom stereocenters. The number of halogens is 1. The van der Waals surface area contributed by atoms with Gasteiger partial charge in [-0.05, 0) is 31.2 Å². The summed E-state index contributed by atoms with van der Waals surface area (Å²) in [5.41, 5.74) is 1.21. The van der Waals surface area contributed by atoms with Crippen molar-refractivity contribution in [3.63, 3.8) is 0 Å². The van der Waals surface area contributed by atoms with Crippen molar-refractivity contribution in [2.24, 2.45) is 5.92 Å². The van der Waals surface area contributed by atoms with Gasteiger partial charge in [-0.2, -0.15) is 0 Å². The molecule has 1 N–H and O–H groups in total. The molecular weight excluding hydrogens is 310 g/mol. The largest absolute Gasteiger partial charge is 0.486 e. The van der Waals surface area contributed by atoms with Crippen molar-refractivity contribution in [1.29, 1.82) is 0 Å². The van der Waals surface area contributed by atoms with E-state index >= 15 is 0 Å². The van der Waals surface area contributed by atoms with E-state index in [1.54, 1.807) is 0 Å². The molecule has 2 unspecified atom stereocenters. The summed E-state index contributed by atoms with van der Waals surface area (Å²) in [6, 6.07) is 4.36.